The zero-order valence-electron chi connectivity index (χ0n) is 34.1. The van der Waals surface area contributed by atoms with Gasteiger partial charge in [-0.25, -0.2) is 4.98 Å². The fraction of sp³-hybridized carbons (Fsp3) is 0.107. The van der Waals surface area contributed by atoms with E-state index in [1.807, 2.05) is 0 Å². The maximum Gasteiger partial charge on any atom is 0.237 e. The summed E-state index contributed by atoms with van der Waals surface area (Å²) < 4.78 is 2.30. The average Bonchev–Trinajstić information content (AvgIpc) is 3.83. The highest BCUT2D eigenvalue weighted by atomic mass is 15.3. The summed E-state index contributed by atoms with van der Waals surface area (Å²) in [5.74, 6) is 1.47. The van der Waals surface area contributed by atoms with Gasteiger partial charge < -0.3 is 0 Å². The lowest BCUT2D eigenvalue weighted by Crippen LogP contribution is -2.17. The van der Waals surface area contributed by atoms with Crippen LogP contribution in [0.25, 0.3) is 72.0 Å². The standard InChI is InChI=1S/C56H42N4/c1-55(2)45-24-13-9-21-40(45)52-46(55)25-16-28-50(52)59(37-31-29-36(30-32-37)35-17-6-5-7-18-35)53-41-22-10-14-26-48(41)57-54(58-53)60-49-27-15-11-20-39(49)43-33-42-38-19-8-12-23-44(38)56(3,4)47(42)34-51(43)60/h5-34H,1-4H3. The third-order valence-electron chi connectivity index (χ3n) is 13.4. The Morgan fingerprint density at radius 3 is 1.85 bits per heavy atom. The Bertz CT molecular complexity index is 3370. The summed E-state index contributed by atoms with van der Waals surface area (Å²) in [6.07, 6.45) is 0. The van der Waals surface area contributed by atoms with Crippen molar-refractivity contribution in [3.63, 3.8) is 0 Å². The number of benzene rings is 8. The molecule has 0 bridgehead atoms. The highest BCUT2D eigenvalue weighted by Gasteiger charge is 2.39. The molecular weight excluding hydrogens is 729 g/mol. The van der Waals surface area contributed by atoms with E-state index in [0.29, 0.717) is 5.95 Å². The number of para-hydroxylation sites is 2. The van der Waals surface area contributed by atoms with Crippen molar-refractivity contribution in [2.24, 2.45) is 0 Å². The van der Waals surface area contributed by atoms with Crippen LogP contribution in [0.5, 0.6) is 0 Å². The normalized spacial score (nSPS) is 14.3. The van der Waals surface area contributed by atoms with Gasteiger partial charge in [0.1, 0.15) is 0 Å². The monoisotopic (exact) mass is 770 g/mol. The molecule has 0 saturated carbocycles. The molecule has 10 aromatic rings. The zero-order chi connectivity index (χ0) is 40.3. The van der Waals surface area contributed by atoms with Crippen LogP contribution in [0.3, 0.4) is 0 Å². The third kappa shape index (κ3) is 4.85. The van der Waals surface area contributed by atoms with Gasteiger partial charge in [0.25, 0.3) is 0 Å². The van der Waals surface area contributed by atoms with Gasteiger partial charge in [0.05, 0.1) is 22.2 Å². The molecular formula is C56H42N4. The smallest absolute Gasteiger partial charge is 0.237 e. The summed E-state index contributed by atoms with van der Waals surface area (Å²) >= 11 is 0. The third-order valence-corrected chi connectivity index (χ3v) is 13.4. The fourth-order valence-electron chi connectivity index (χ4n) is 10.4. The van der Waals surface area contributed by atoms with Crippen molar-refractivity contribution in [1.82, 2.24) is 14.5 Å². The molecule has 60 heavy (non-hydrogen) atoms. The number of aromatic nitrogens is 3. The molecule has 0 saturated heterocycles. The van der Waals surface area contributed by atoms with Crippen LogP contribution >= 0.6 is 0 Å². The van der Waals surface area contributed by atoms with Crippen molar-refractivity contribution in [2.75, 3.05) is 4.90 Å². The van der Waals surface area contributed by atoms with E-state index >= 15 is 0 Å². The lowest BCUT2D eigenvalue weighted by molar-refractivity contribution is 0.660. The van der Waals surface area contributed by atoms with E-state index in [4.69, 9.17) is 9.97 Å². The summed E-state index contributed by atoms with van der Waals surface area (Å²) in [5.41, 5.74) is 17.7. The lowest BCUT2D eigenvalue weighted by atomic mass is 9.82. The van der Waals surface area contributed by atoms with Gasteiger partial charge in [0.15, 0.2) is 5.82 Å². The van der Waals surface area contributed by atoms with E-state index in [2.05, 4.69) is 219 Å². The van der Waals surface area contributed by atoms with Crippen LogP contribution in [0.4, 0.5) is 17.2 Å². The second-order valence-electron chi connectivity index (χ2n) is 17.4. The maximum absolute atomic E-state index is 5.74. The van der Waals surface area contributed by atoms with Gasteiger partial charge in [-0.2, -0.15) is 4.98 Å². The van der Waals surface area contributed by atoms with Gasteiger partial charge in [-0.05, 0) is 98.6 Å². The van der Waals surface area contributed by atoms with Crippen molar-refractivity contribution >= 4 is 49.9 Å². The van der Waals surface area contributed by atoms with Crippen LogP contribution in [-0.4, -0.2) is 14.5 Å². The molecule has 2 aliphatic rings. The van der Waals surface area contributed by atoms with Gasteiger partial charge in [0.2, 0.25) is 5.95 Å². The molecule has 12 rings (SSSR count). The highest BCUT2D eigenvalue weighted by Crippen LogP contribution is 2.55. The molecule has 8 aromatic carbocycles. The number of hydrogen-bond donors (Lipinski definition) is 0. The highest BCUT2D eigenvalue weighted by molar-refractivity contribution is 6.12. The molecule has 0 radical (unpaired) electrons. The van der Waals surface area contributed by atoms with Crippen LogP contribution in [0.15, 0.2) is 182 Å². The number of hydrogen-bond acceptors (Lipinski definition) is 3. The molecule has 0 fully saturated rings. The summed E-state index contributed by atoms with van der Waals surface area (Å²) in [4.78, 5) is 13.6. The molecule has 0 N–H and O–H groups in total. The predicted octanol–water partition coefficient (Wildman–Crippen LogP) is 14.5. The van der Waals surface area contributed by atoms with Crippen LogP contribution in [0.2, 0.25) is 0 Å². The van der Waals surface area contributed by atoms with E-state index in [1.54, 1.807) is 0 Å². The fourth-order valence-corrected chi connectivity index (χ4v) is 10.4. The maximum atomic E-state index is 5.74. The van der Waals surface area contributed by atoms with Crippen molar-refractivity contribution in [1.29, 1.82) is 0 Å². The first-order valence-electron chi connectivity index (χ1n) is 20.9. The van der Waals surface area contributed by atoms with Gasteiger partial charge in [0, 0.05) is 38.2 Å². The molecule has 0 atom stereocenters. The van der Waals surface area contributed by atoms with Crippen molar-refractivity contribution in [3.05, 3.63) is 204 Å². The molecule has 2 aliphatic carbocycles. The van der Waals surface area contributed by atoms with Gasteiger partial charge in [-0.15, -0.1) is 0 Å². The number of rotatable bonds is 5. The number of fused-ring (bicyclic) bond motifs is 10. The molecule has 2 heterocycles. The first kappa shape index (κ1) is 34.7. The molecule has 0 unspecified atom stereocenters. The summed E-state index contributed by atoms with van der Waals surface area (Å²) in [6, 6.07) is 66.1. The summed E-state index contributed by atoms with van der Waals surface area (Å²) in [6.45, 7) is 9.38. The van der Waals surface area contributed by atoms with Crippen LogP contribution < -0.4 is 4.90 Å². The van der Waals surface area contributed by atoms with E-state index in [9.17, 15) is 0 Å². The minimum absolute atomic E-state index is 0.155. The van der Waals surface area contributed by atoms with Gasteiger partial charge >= 0.3 is 0 Å². The molecule has 286 valence electrons. The molecule has 4 nitrogen and oxygen atoms in total. The molecule has 0 amide bonds. The minimum Gasteiger partial charge on any atom is -0.294 e. The first-order valence-corrected chi connectivity index (χ1v) is 20.9. The van der Waals surface area contributed by atoms with Gasteiger partial charge in [-0.3, -0.25) is 9.47 Å². The summed E-state index contributed by atoms with van der Waals surface area (Å²) in [7, 11) is 0. The Labute approximate surface area is 350 Å². The average molecular weight is 771 g/mol. The topological polar surface area (TPSA) is 34.0 Å². The predicted molar refractivity (Wildman–Crippen MR) is 249 cm³/mol. The van der Waals surface area contributed by atoms with Crippen LogP contribution in [-0.2, 0) is 10.8 Å². The van der Waals surface area contributed by atoms with Crippen LogP contribution in [0, 0.1) is 0 Å². The number of nitrogens with zero attached hydrogens (tertiary/aromatic N) is 4. The SMILES string of the molecule is CC1(C)c2ccccc2-c2cc3c4ccccc4n(-c4nc(N(c5ccc(-c6ccccc6)cc5)c5cccc6c5-c5ccccc5C6(C)C)c5ccccc5n4)c3cc21. The molecule has 2 aromatic heterocycles. The quantitative estimate of drug-likeness (QED) is 0.175. The van der Waals surface area contributed by atoms with Crippen molar-refractivity contribution < 1.29 is 0 Å². The molecule has 0 aliphatic heterocycles. The van der Waals surface area contributed by atoms with E-state index in [-0.39, 0.29) is 10.8 Å². The zero-order valence-corrected chi connectivity index (χ0v) is 34.1. The Hall–Kier alpha value is -7.30. The Morgan fingerprint density at radius 1 is 0.433 bits per heavy atom. The van der Waals surface area contributed by atoms with E-state index in [1.165, 1.54) is 66.4 Å². The lowest BCUT2D eigenvalue weighted by Gasteiger charge is -2.29. The molecule has 0 spiro atoms. The van der Waals surface area contributed by atoms with Crippen molar-refractivity contribution in [2.45, 2.75) is 38.5 Å². The Morgan fingerprint density at radius 2 is 1.05 bits per heavy atom. The molecule has 4 heteroatoms. The second kappa shape index (κ2) is 12.6. The largest absolute Gasteiger partial charge is 0.294 e. The van der Waals surface area contributed by atoms with E-state index in [0.717, 1.165) is 39.1 Å². The Kier molecular flexibility index (Phi) is 7.29. The summed E-state index contributed by atoms with van der Waals surface area (Å²) in [5, 5.41) is 3.36. The van der Waals surface area contributed by atoms with Crippen LogP contribution in [0.1, 0.15) is 49.9 Å². The van der Waals surface area contributed by atoms with E-state index < -0.39 is 0 Å². The van der Waals surface area contributed by atoms with Crippen molar-refractivity contribution in [3.8, 4) is 39.3 Å². The van der Waals surface area contributed by atoms with Gasteiger partial charge in [-0.1, -0.05) is 161 Å². The number of anilines is 3. The Balaban J connectivity index is 1.15. The second-order valence-corrected chi connectivity index (χ2v) is 17.4. The minimum atomic E-state index is -0.166. The first-order chi connectivity index (χ1) is 29.3.